The van der Waals surface area contributed by atoms with Gasteiger partial charge in [-0.25, -0.2) is 13.2 Å². The molecule has 0 aromatic heterocycles. The van der Waals surface area contributed by atoms with Gasteiger partial charge in [-0.05, 0) is 30.9 Å². The lowest BCUT2D eigenvalue weighted by Gasteiger charge is -2.23. The van der Waals surface area contributed by atoms with Gasteiger partial charge in [0.2, 0.25) is 10.0 Å². The predicted octanol–water partition coefficient (Wildman–Crippen LogP) is 1.36. The van der Waals surface area contributed by atoms with Gasteiger partial charge in [0.1, 0.15) is 11.3 Å². The Labute approximate surface area is 151 Å². The van der Waals surface area contributed by atoms with Crippen molar-refractivity contribution in [2.45, 2.75) is 24.2 Å². The summed E-state index contributed by atoms with van der Waals surface area (Å²) in [5.41, 5.74) is -0.877. The Morgan fingerprint density at radius 1 is 1.31 bits per heavy atom. The first-order valence-corrected chi connectivity index (χ1v) is 9.70. The van der Waals surface area contributed by atoms with Crippen LogP contribution in [0.4, 0.5) is 0 Å². The molecule has 0 unspecified atom stereocenters. The van der Waals surface area contributed by atoms with Gasteiger partial charge in [-0.3, -0.25) is 4.79 Å². The molecular formula is C17H21NO7S. The van der Waals surface area contributed by atoms with Gasteiger partial charge in [0.05, 0.1) is 24.5 Å². The lowest BCUT2D eigenvalue weighted by Crippen LogP contribution is -2.37. The second-order valence-electron chi connectivity index (χ2n) is 6.70. The zero-order chi connectivity index (χ0) is 19.1. The first kappa shape index (κ1) is 18.7. The Kier molecular flexibility index (Phi) is 4.70. The third kappa shape index (κ3) is 2.75. The van der Waals surface area contributed by atoms with E-state index in [4.69, 9.17) is 4.74 Å². The lowest BCUT2D eigenvalue weighted by atomic mass is 9.81. The van der Waals surface area contributed by atoms with Crippen LogP contribution in [0.3, 0.4) is 0 Å². The maximum atomic E-state index is 13.0. The highest BCUT2D eigenvalue weighted by molar-refractivity contribution is 7.89. The number of hydrogen-bond donors (Lipinski definition) is 1. The van der Waals surface area contributed by atoms with Gasteiger partial charge in [-0.1, -0.05) is 6.42 Å². The molecule has 1 saturated carbocycles. The van der Waals surface area contributed by atoms with Crippen molar-refractivity contribution >= 4 is 22.0 Å². The third-order valence-corrected chi connectivity index (χ3v) is 7.29. The Morgan fingerprint density at radius 3 is 2.62 bits per heavy atom. The zero-order valence-electron chi connectivity index (χ0n) is 14.6. The van der Waals surface area contributed by atoms with Crippen LogP contribution >= 0.6 is 0 Å². The summed E-state index contributed by atoms with van der Waals surface area (Å²) >= 11 is 0. The van der Waals surface area contributed by atoms with E-state index in [0.717, 1.165) is 6.42 Å². The van der Waals surface area contributed by atoms with Gasteiger partial charge < -0.3 is 14.6 Å². The summed E-state index contributed by atoms with van der Waals surface area (Å²) in [5, 5.41) is 9.64. The van der Waals surface area contributed by atoms with Crippen molar-refractivity contribution in [1.29, 1.82) is 0 Å². The largest absolute Gasteiger partial charge is 0.496 e. The number of hydrogen-bond acceptors (Lipinski definition) is 6. The Hall–Kier alpha value is -2.13. The van der Waals surface area contributed by atoms with Gasteiger partial charge in [0.15, 0.2) is 0 Å². The van der Waals surface area contributed by atoms with Crippen LogP contribution in [0.2, 0.25) is 0 Å². The lowest BCUT2D eigenvalue weighted by molar-refractivity contribution is -0.149. The fourth-order valence-corrected chi connectivity index (χ4v) is 5.61. The molecule has 9 heteroatoms. The fraction of sp³-hybridized carbons (Fsp3) is 0.529. The Balaban J connectivity index is 1.94. The number of carboxylic acids is 1. The van der Waals surface area contributed by atoms with Crippen molar-refractivity contribution in [1.82, 2.24) is 4.31 Å². The van der Waals surface area contributed by atoms with E-state index in [1.54, 1.807) is 0 Å². The molecule has 1 N–H and O–H groups in total. The third-order valence-electron chi connectivity index (χ3n) is 5.48. The Bertz CT molecular complexity index is 851. The smallest absolute Gasteiger partial charge is 0.341 e. The average Bonchev–Trinajstić information content (AvgIpc) is 3.19. The van der Waals surface area contributed by atoms with Gasteiger partial charge in [-0.2, -0.15) is 4.31 Å². The molecule has 0 radical (unpaired) electrons. The minimum absolute atomic E-state index is 0.0313. The van der Waals surface area contributed by atoms with E-state index >= 15 is 0 Å². The highest BCUT2D eigenvalue weighted by atomic mass is 32.2. The normalized spacial score (nSPS) is 25.7. The van der Waals surface area contributed by atoms with Crippen molar-refractivity contribution < 1.29 is 32.6 Å². The standard InChI is InChI=1S/C17H21NO7S/c1-24-14-8-12(5-6-13(14)15(19)25-2)26(22,23)18-9-11-4-3-7-17(11,10-18)16(20)21/h5-6,8,11H,3-4,7,9-10H2,1-2H3,(H,20,21)/t11-,17+/m0/s1. The molecule has 1 aromatic carbocycles. The predicted molar refractivity (Wildman–Crippen MR) is 90.5 cm³/mol. The first-order chi connectivity index (χ1) is 12.3. The highest BCUT2D eigenvalue weighted by Gasteiger charge is 2.57. The molecule has 142 valence electrons. The summed E-state index contributed by atoms with van der Waals surface area (Å²) in [6.07, 6.45) is 2.00. The van der Waals surface area contributed by atoms with Gasteiger partial charge in [0.25, 0.3) is 0 Å². The summed E-state index contributed by atoms with van der Waals surface area (Å²) in [5.74, 6) is -1.65. The van der Waals surface area contributed by atoms with Crippen molar-refractivity contribution in [3.63, 3.8) is 0 Å². The Morgan fingerprint density at radius 2 is 2.04 bits per heavy atom. The summed E-state index contributed by atoms with van der Waals surface area (Å²) in [6, 6.07) is 3.91. The molecule has 8 nitrogen and oxygen atoms in total. The van der Waals surface area contributed by atoms with Gasteiger partial charge >= 0.3 is 11.9 Å². The second-order valence-corrected chi connectivity index (χ2v) is 8.64. The molecular weight excluding hydrogens is 362 g/mol. The van der Waals surface area contributed by atoms with Crippen molar-refractivity contribution in [2.75, 3.05) is 27.3 Å². The molecule has 1 heterocycles. The number of rotatable bonds is 5. The minimum atomic E-state index is -3.90. The zero-order valence-corrected chi connectivity index (χ0v) is 15.4. The number of methoxy groups -OCH3 is 2. The number of sulfonamides is 1. The number of esters is 1. The van der Waals surface area contributed by atoms with Crippen LogP contribution in [-0.4, -0.2) is 57.1 Å². The maximum absolute atomic E-state index is 13.0. The number of nitrogens with zero attached hydrogens (tertiary/aromatic N) is 1. The number of carboxylic acid groups (broad SMARTS) is 1. The monoisotopic (exact) mass is 383 g/mol. The molecule has 0 amide bonds. The molecule has 0 spiro atoms. The van der Waals surface area contributed by atoms with Crippen LogP contribution in [-0.2, 0) is 19.6 Å². The van der Waals surface area contributed by atoms with E-state index in [-0.39, 0.29) is 35.2 Å². The van der Waals surface area contributed by atoms with E-state index in [0.29, 0.717) is 12.8 Å². The summed E-state index contributed by atoms with van der Waals surface area (Å²) in [4.78, 5) is 23.5. The molecule has 2 aliphatic rings. The number of aliphatic carboxylic acids is 1. The van der Waals surface area contributed by atoms with Crippen LogP contribution in [0, 0.1) is 11.3 Å². The molecule has 1 aromatic rings. The quantitative estimate of drug-likeness (QED) is 0.764. The average molecular weight is 383 g/mol. The topological polar surface area (TPSA) is 110 Å². The van der Waals surface area contributed by atoms with Crippen molar-refractivity contribution in [2.24, 2.45) is 11.3 Å². The number of carbonyl (C=O) groups is 2. The number of carbonyl (C=O) groups excluding carboxylic acids is 1. The molecule has 26 heavy (non-hydrogen) atoms. The van der Waals surface area contributed by atoms with Crippen LogP contribution in [0.1, 0.15) is 29.6 Å². The molecule has 2 atom stereocenters. The second kappa shape index (κ2) is 6.55. The summed E-state index contributed by atoms with van der Waals surface area (Å²) in [7, 11) is -1.34. The summed E-state index contributed by atoms with van der Waals surface area (Å²) < 4.78 is 37.0. The van der Waals surface area contributed by atoms with Gasteiger partial charge in [0, 0.05) is 19.2 Å². The molecule has 3 rings (SSSR count). The van der Waals surface area contributed by atoms with Crippen LogP contribution in [0.25, 0.3) is 0 Å². The molecule has 0 bridgehead atoms. The molecule has 2 fully saturated rings. The number of ether oxygens (including phenoxy) is 2. The first-order valence-electron chi connectivity index (χ1n) is 8.26. The van der Waals surface area contributed by atoms with E-state index in [9.17, 15) is 23.1 Å². The molecule has 1 aliphatic carbocycles. The molecule has 1 aliphatic heterocycles. The summed E-state index contributed by atoms with van der Waals surface area (Å²) in [6.45, 7) is 0.159. The highest BCUT2D eigenvalue weighted by Crippen LogP contribution is 2.50. The van der Waals surface area contributed by atoms with Crippen LogP contribution in [0.5, 0.6) is 5.75 Å². The number of fused-ring (bicyclic) bond motifs is 1. The molecule has 1 saturated heterocycles. The van der Waals surface area contributed by atoms with Crippen molar-refractivity contribution in [3.05, 3.63) is 23.8 Å². The van der Waals surface area contributed by atoms with Crippen LogP contribution < -0.4 is 4.74 Å². The maximum Gasteiger partial charge on any atom is 0.341 e. The number of benzene rings is 1. The van der Waals surface area contributed by atoms with Gasteiger partial charge in [-0.15, -0.1) is 0 Å². The van der Waals surface area contributed by atoms with E-state index in [2.05, 4.69) is 4.74 Å². The minimum Gasteiger partial charge on any atom is -0.496 e. The van der Waals surface area contributed by atoms with E-state index in [1.807, 2.05) is 0 Å². The fourth-order valence-electron chi connectivity index (χ4n) is 4.04. The van der Waals surface area contributed by atoms with E-state index in [1.165, 1.54) is 36.7 Å². The SMILES string of the molecule is COC(=O)c1ccc(S(=O)(=O)N2C[C@@H]3CCC[C@@]3(C(=O)O)C2)cc1OC. The van der Waals surface area contributed by atoms with Crippen molar-refractivity contribution in [3.8, 4) is 5.75 Å². The van der Waals surface area contributed by atoms with E-state index < -0.39 is 27.4 Å². The van der Waals surface area contributed by atoms with Crippen LogP contribution in [0.15, 0.2) is 23.1 Å².